The summed E-state index contributed by atoms with van der Waals surface area (Å²) in [6.07, 6.45) is 10.2. The molecule has 1 aromatic heterocycles. The Morgan fingerprint density at radius 1 is 1.38 bits per heavy atom. The highest BCUT2D eigenvalue weighted by molar-refractivity contribution is 5.26. The van der Waals surface area contributed by atoms with E-state index in [0.29, 0.717) is 5.54 Å². The molecule has 1 heterocycles. The summed E-state index contributed by atoms with van der Waals surface area (Å²) in [5.74, 6) is 0.986. The van der Waals surface area contributed by atoms with Gasteiger partial charge in [-0.1, -0.05) is 12.8 Å². The molecule has 0 atom stereocenters. The minimum Gasteiger partial charge on any atom is -0.382 e. The van der Waals surface area contributed by atoms with Crippen LogP contribution in [0.2, 0.25) is 0 Å². The first-order valence-corrected chi connectivity index (χ1v) is 8.18. The summed E-state index contributed by atoms with van der Waals surface area (Å²) in [5.41, 5.74) is 0.294. The number of aromatic nitrogens is 2. The van der Waals surface area contributed by atoms with Crippen molar-refractivity contribution in [2.75, 3.05) is 39.2 Å². The second kappa shape index (κ2) is 7.80. The fourth-order valence-electron chi connectivity index (χ4n) is 3.22. The first-order chi connectivity index (χ1) is 10.2. The predicted octanol–water partition coefficient (Wildman–Crippen LogP) is 2.60. The molecule has 5 nitrogen and oxygen atoms in total. The molecule has 0 unspecified atom stereocenters. The van der Waals surface area contributed by atoms with Gasteiger partial charge in [-0.15, -0.1) is 0 Å². The number of hydrogen-bond donors (Lipinski definition) is 1. The Labute approximate surface area is 128 Å². The number of rotatable bonds is 9. The van der Waals surface area contributed by atoms with E-state index in [9.17, 15) is 0 Å². The fraction of sp³-hybridized carbons (Fsp3) is 0.812. The van der Waals surface area contributed by atoms with Crippen LogP contribution in [0, 0.1) is 0 Å². The topological polar surface area (TPSA) is 42.3 Å². The normalized spacial score (nSPS) is 17.5. The predicted molar refractivity (Wildman–Crippen MR) is 86.7 cm³/mol. The molecule has 0 radical (unpaired) electrons. The zero-order chi connectivity index (χ0) is 15.1. The zero-order valence-corrected chi connectivity index (χ0v) is 13.8. The molecular weight excluding hydrogens is 264 g/mol. The molecule has 5 heteroatoms. The average molecular weight is 294 g/mol. The molecule has 1 aliphatic carbocycles. The van der Waals surface area contributed by atoms with Gasteiger partial charge in [-0.3, -0.25) is 0 Å². The van der Waals surface area contributed by atoms with E-state index >= 15 is 0 Å². The first-order valence-electron chi connectivity index (χ1n) is 8.18. The number of hydrogen-bond acceptors (Lipinski definition) is 4. The van der Waals surface area contributed by atoms with E-state index in [-0.39, 0.29) is 0 Å². The van der Waals surface area contributed by atoms with Crippen molar-refractivity contribution >= 4 is 5.95 Å². The minimum absolute atomic E-state index is 0.294. The number of nitrogens with zero attached hydrogens (tertiary/aromatic N) is 3. The maximum atomic E-state index is 5.36. The summed E-state index contributed by atoms with van der Waals surface area (Å²) < 4.78 is 7.63. The quantitative estimate of drug-likeness (QED) is 0.711. The van der Waals surface area contributed by atoms with E-state index in [1.807, 2.05) is 13.1 Å². The smallest absolute Gasteiger partial charge is 0.202 e. The van der Waals surface area contributed by atoms with Crippen molar-refractivity contribution in [1.82, 2.24) is 14.5 Å². The summed E-state index contributed by atoms with van der Waals surface area (Å²) in [4.78, 5) is 6.86. The van der Waals surface area contributed by atoms with Gasteiger partial charge in [0.05, 0.1) is 0 Å². The molecule has 1 aliphatic rings. The van der Waals surface area contributed by atoms with Gasteiger partial charge in [-0.2, -0.15) is 0 Å². The summed E-state index contributed by atoms with van der Waals surface area (Å²) in [6, 6.07) is 0. The van der Waals surface area contributed by atoms with Crippen LogP contribution in [0.4, 0.5) is 5.95 Å². The van der Waals surface area contributed by atoms with Crippen molar-refractivity contribution in [1.29, 1.82) is 0 Å². The van der Waals surface area contributed by atoms with Gasteiger partial charge >= 0.3 is 0 Å². The van der Waals surface area contributed by atoms with Gasteiger partial charge in [0, 0.05) is 44.2 Å². The van der Waals surface area contributed by atoms with Gasteiger partial charge in [0.25, 0.3) is 0 Å². The summed E-state index contributed by atoms with van der Waals surface area (Å²) >= 11 is 0. The Balaban J connectivity index is 1.90. The lowest BCUT2D eigenvalue weighted by Crippen LogP contribution is -2.45. The lowest BCUT2D eigenvalue weighted by Gasteiger charge is -2.37. The molecule has 0 aliphatic heterocycles. The lowest BCUT2D eigenvalue weighted by atomic mass is 9.96. The molecule has 21 heavy (non-hydrogen) atoms. The number of likely N-dealkylation sites (N-methyl/N-ethyl adjacent to an activating group) is 1. The average Bonchev–Trinajstić information content (AvgIpc) is 3.10. The maximum Gasteiger partial charge on any atom is 0.202 e. The van der Waals surface area contributed by atoms with Crippen LogP contribution in [0.15, 0.2) is 12.4 Å². The Bertz CT molecular complexity index is 410. The molecule has 0 saturated heterocycles. The Morgan fingerprint density at radius 2 is 2.14 bits per heavy atom. The number of anilines is 1. The summed E-state index contributed by atoms with van der Waals surface area (Å²) in [7, 11) is 4.41. The monoisotopic (exact) mass is 294 g/mol. The van der Waals surface area contributed by atoms with Gasteiger partial charge < -0.3 is 19.5 Å². The molecule has 1 fully saturated rings. The van der Waals surface area contributed by atoms with Crippen LogP contribution in [-0.4, -0.2) is 53.8 Å². The third-order valence-electron chi connectivity index (χ3n) is 4.62. The van der Waals surface area contributed by atoms with Crippen molar-refractivity contribution < 1.29 is 4.74 Å². The van der Waals surface area contributed by atoms with Crippen molar-refractivity contribution in [3.05, 3.63) is 12.4 Å². The van der Waals surface area contributed by atoms with Crippen LogP contribution >= 0.6 is 0 Å². The fourth-order valence-corrected chi connectivity index (χ4v) is 3.22. The van der Waals surface area contributed by atoms with E-state index in [2.05, 4.69) is 40.1 Å². The van der Waals surface area contributed by atoms with E-state index in [1.54, 1.807) is 0 Å². The molecule has 2 rings (SSSR count). The highest BCUT2D eigenvalue weighted by atomic mass is 16.5. The molecule has 1 N–H and O–H groups in total. The molecular formula is C16H30N4O. The highest BCUT2D eigenvalue weighted by Gasteiger charge is 2.36. The first kappa shape index (κ1) is 16.3. The van der Waals surface area contributed by atoms with Crippen LogP contribution in [0.3, 0.4) is 0 Å². The molecule has 1 aromatic rings. The van der Waals surface area contributed by atoms with E-state index in [0.717, 1.165) is 38.7 Å². The van der Waals surface area contributed by atoms with Crippen molar-refractivity contribution in [2.24, 2.45) is 0 Å². The SMILES string of the molecule is CCOCCCNc1nccn1CC1(N(C)C)CCCC1. The number of imidazole rings is 1. The van der Waals surface area contributed by atoms with E-state index < -0.39 is 0 Å². The molecule has 120 valence electrons. The minimum atomic E-state index is 0.294. The van der Waals surface area contributed by atoms with Gasteiger partial charge in [0.1, 0.15) is 0 Å². The molecule has 0 amide bonds. The molecule has 0 bridgehead atoms. The molecule has 0 spiro atoms. The lowest BCUT2D eigenvalue weighted by molar-refractivity contribution is 0.134. The standard InChI is InChI=1S/C16H30N4O/c1-4-21-13-7-10-17-15-18-11-12-20(15)14-16(19(2)3)8-5-6-9-16/h11-12H,4-10,13-14H2,1-3H3,(H,17,18). The van der Waals surface area contributed by atoms with Crippen LogP contribution in [0.1, 0.15) is 39.0 Å². The van der Waals surface area contributed by atoms with Gasteiger partial charge in [-0.05, 0) is 40.3 Å². The second-order valence-corrected chi connectivity index (χ2v) is 6.18. The van der Waals surface area contributed by atoms with Crippen molar-refractivity contribution in [3.63, 3.8) is 0 Å². The Morgan fingerprint density at radius 3 is 2.81 bits per heavy atom. The van der Waals surface area contributed by atoms with Crippen LogP contribution in [0.25, 0.3) is 0 Å². The molecule has 1 saturated carbocycles. The van der Waals surface area contributed by atoms with Crippen LogP contribution in [0.5, 0.6) is 0 Å². The van der Waals surface area contributed by atoms with Crippen LogP contribution < -0.4 is 5.32 Å². The summed E-state index contributed by atoms with van der Waals surface area (Å²) in [5, 5.41) is 3.44. The third kappa shape index (κ3) is 4.20. The van der Waals surface area contributed by atoms with Crippen molar-refractivity contribution in [3.8, 4) is 0 Å². The zero-order valence-electron chi connectivity index (χ0n) is 13.8. The second-order valence-electron chi connectivity index (χ2n) is 6.18. The number of nitrogens with one attached hydrogen (secondary N) is 1. The van der Waals surface area contributed by atoms with Gasteiger partial charge in [0.2, 0.25) is 5.95 Å². The maximum absolute atomic E-state index is 5.36. The van der Waals surface area contributed by atoms with E-state index in [1.165, 1.54) is 25.7 Å². The largest absolute Gasteiger partial charge is 0.382 e. The number of ether oxygens (including phenoxy) is 1. The third-order valence-corrected chi connectivity index (χ3v) is 4.62. The highest BCUT2D eigenvalue weighted by Crippen LogP contribution is 2.35. The molecule has 0 aromatic carbocycles. The Kier molecular flexibility index (Phi) is 6.06. The van der Waals surface area contributed by atoms with E-state index in [4.69, 9.17) is 4.74 Å². The van der Waals surface area contributed by atoms with Gasteiger partial charge in [-0.25, -0.2) is 4.98 Å². The van der Waals surface area contributed by atoms with Crippen molar-refractivity contribution in [2.45, 2.75) is 51.1 Å². The Hall–Kier alpha value is -1.07. The van der Waals surface area contributed by atoms with Crippen LogP contribution in [-0.2, 0) is 11.3 Å². The summed E-state index contributed by atoms with van der Waals surface area (Å²) in [6.45, 7) is 5.56. The van der Waals surface area contributed by atoms with Gasteiger partial charge in [0.15, 0.2) is 0 Å².